The van der Waals surface area contributed by atoms with Crippen molar-refractivity contribution in [2.45, 2.75) is 71.4 Å². The summed E-state index contributed by atoms with van der Waals surface area (Å²) < 4.78 is 5.89. The number of hydrogen-bond acceptors (Lipinski definition) is 8. The molecule has 1 amide bonds. The maximum Gasteiger partial charge on any atom is 0.335 e. The largest absolute Gasteiger partial charge is 0.496 e. The van der Waals surface area contributed by atoms with Gasteiger partial charge in [-0.3, -0.25) is 9.63 Å². The molecular weight excluding hydrogens is 562 g/mol. The molecule has 1 heterocycles. The number of anilines is 1. The molecule has 4 N–H and O–H groups in total. The van der Waals surface area contributed by atoms with E-state index in [1.165, 1.54) is 6.42 Å². The minimum absolute atomic E-state index is 0.0363. The number of benzene rings is 2. The molecule has 3 saturated carbocycles. The van der Waals surface area contributed by atoms with Crippen molar-refractivity contribution in [3.63, 3.8) is 0 Å². The molecule has 2 aromatic carbocycles. The van der Waals surface area contributed by atoms with E-state index in [9.17, 15) is 24.9 Å². The molecule has 2 aromatic rings. The van der Waals surface area contributed by atoms with Crippen molar-refractivity contribution >= 4 is 17.6 Å². The van der Waals surface area contributed by atoms with Gasteiger partial charge in [0.05, 0.1) is 31.9 Å². The average molecular weight is 610 g/mol. The molecule has 10 nitrogen and oxygen atoms in total. The first-order chi connectivity index (χ1) is 20.8. The van der Waals surface area contributed by atoms with Crippen LogP contribution < -0.4 is 15.0 Å². The summed E-state index contributed by atoms with van der Waals surface area (Å²) in [6, 6.07) is 9.92. The molecule has 1 saturated heterocycles. The topological polar surface area (TPSA) is 132 Å². The fourth-order valence-corrected chi connectivity index (χ4v) is 7.98. The summed E-state index contributed by atoms with van der Waals surface area (Å²) in [4.78, 5) is 34.0. The highest BCUT2D eigenvalue weighted by atomic mass is 16.7. The van der Waals surface area contributed by atoms with E-state index >= 15 is 0 Å². The Kier molecular flexibility index (Phi) is 9.01. The lowest BCUT2D eigenvalue weighted by atomic mass is 9.45. The summed E-state index contributed by atoms with van der Waals surface area (Å²) in [5, 5.41) is 35.6. The molecule has 240 valence electrons. The van der Waals surface area contributed by atoms with Crippen LogP contribution >= 0.6 is 0 Å². The van der Waals surface area contributed by atoms with Gasteiger partial charge in [-0.15, -0.1) is 0 Å². The van der Waals surface area contributed by atoms with Crippen LogP contribution in [-0.2, 0) is 16.2 Å². The minimum Gasteiger partial charge on any atom is -0.496 e. The number of nitrogens with zero attached hydrogens (tertiary/aromatic N) is 2. The molecule has 6 rings (SSSR count). The maximum atomic E-state index is 14.0. The van der Waals surface area contributed by atoms with Gasteiger partial charge in [0.25, 0.3) is 0 Å². The SMILES string of the molecule is COc1c(CN2O[C@@H](CO)[C@@H]([C@H](C)O)C2C(=O)N[C@H]2C[C@H]3C[C@@H]([C@@H]2C)C3(C)C)cccc1-c1cc(C(=O)O)cc(N(C)C)c1. The first kappa shape index (κ1) is 32.2. The number of para-hydroxylation sites is 1. The fourth-order valence-electron chi connectivity index (χ4n) is 7.98. The lowest BCUT2D eigenvalue weighted by Crippen LogP contribution is -2.62. The molecule has 2 bridgehead atoms. The zero-order valence-electron chi connectivity index (χ0n) is 26.8. The maximum absolute atomic E-state index is 14.0. The molecule has 0 spiro atoms. The molecule has 0 radical (unpaired) electrons. The van der Waals surface area contributed by atoms with Crippen LogP contribution in [0.25, 0.3) is 11.1 Å². The monoisotopic (exact) mass is 609 g/mol. The molecule has 4 aliphatic rings. The average Bonchev–Trinajstić information content (AvgIpc) is 3.36. The third-order valence-corrected chi connectivity index (χ3v) is 10.7. The van der Waals surface area contributed by atoms with Crippen molar-refractivity contribution in [1.82, 2.24) is 10.4 Å². The lowest BCUT2D eigenvalue weighted by molar-refractivity contribution is -0.183. The van der Waals surface area contributed by atoms with Gasteiger partial charge in [0, 0.05) is 42.9 Å². The van der Waals surface area contributed by atoms with Crippen molar-refractivity contribution in [2.24, 2.45) is 29.1 Å². The predicted molar refractivity (Wildman–Crippen MR) is 167 cm³/mol. The number of methoxy groups -OCH3 is 1. The zero-order valence-corrected chi connectivity index (χ0v) is 26.8. The molecule has 3 aliphatic carbocycles. The Bertz CT molecular complexity index is 1390. The lowest BCUT2D eigenvalue weighted by Gasteiger charge is -2.62. The van der Waals surface area contributed by atoms with Gasteiger partial charge >= 0.3 is 5.97 Å². The van der Waals surface area contributed by atoms with Crippen molar-refractivity contribution in [3.8, 4) is 16.9 Å². The number of nitrogens with one attached hydrogen (secondary N) is 1. The minimum atomic E-state index is -1.03. The number of aliphatic hydroxyl groups excluding tert-OH is 2. The number of carbonyl (C=O) groups is 2. The number of aliphatic hydroxyl groups is 2. The second-order valence-electron chi connectivity index (χ2n) is 13.7. The van der Waals surface area contributed by atoms with Crippen LogP contribution in [0, 0.1) is 29.1 Å². The van der Waals surface area contributed by atoms with Gasteiger partial charge in [-0.1, -0.05) is 39.0 Å². The number of carboxylic acid groups (broad SMARTS) is 1. The Morgan fingerprint density at radius 3 is 2.50 bits per heavy atom. The van der Waals surface area contributed by atoms with Gasteiger partial charge in [-0.25, -0.2) is 4.79 Å². The van der Waals surface area contributed by atoms with Gasteiger partial charge in [-0.2, -0.15) is 5.06 Å². The highest BCUT2D eigenvalue weighted by Gasteiger charge is 2.57. The number of aromatic carboxylic acids is 1. The summed E-state index contributed by atoms with van der Waals surface area (Å²) in [6.45, 7) is 8.29. The smallest absolute Gasteiger partial charge is 0.335 e. The highest BCUT2D eigenvalue weighted by molar-refractivity contribution is 5.92. The van der Waals surface area contributed by atoms with Crippen LogP contribution in [0.5, 0.6) is 5.75 Å². The fraction of sp³-hybridized carbons (Fsp3) is 0.588. The normalized spacial score (nSPS) is 29.9. The van der Waals surface area contributed by atoms with Crippen molar-refractivity contribution < 1.29 is 34.5 Å². The van der Waals surface area contributed by atoms with Crippen LogP contribution in [0.4, 0.5) is 5.69 Å². The number of hydroxylamine groups is 2. The van der Waals surface area contributed by atoms with Crippen LogP contribution in [0.2, 0.25) is 0 Å². The second kappa shape index (κ2) is 12.3. The number of amides is 1. The first-order valence-electron chi connectivity index (χ1n) is 15.5. The summed E-state index contributed by atoms with van der Waals surface area (Å²) in [6.07, 6.45) is 0.461. The number of carboxylic acids is 1. The number of rotatable bonds is 10. The van der Waals surface area contributed by atoms with Gasteiger partial charge < -0.3 is 30.3 Å². The quantitative estimate of drug-likeness (QED) is 0.318. The summed E-state index contributed by atoms with van der Waals surface area (Å²) >= 11 is 0. The zero-order chi connectivity index (χ0) is 32.1. The van der Waals surface area contributed by atoms with Crippen molar-refractivity contribution in [2.75, 3.05) is 32.7 Å². The Hall–Kier alpha value is -3.18. The molecule has 0 aromatic heterocycles. The van der Waals surface area contributed by atoms with E-state index in [4.69, 9.17) is 9.57 Å². The standard InChI is InChI=1S/C34H47N3O7/c1-18-26-14-23(34(26,3)4)15-27(18)35-32(40)30-29(19(2)39)28(17-38)44-37(30)16-20-9-8-10-25(31(20)43-7)21-11-22(33(41)42)13-24(12-21)36(5)6/h8-13,18-19,23,26-30,38-39H,14-17H2,1-7H3,(H,35,40)(H,41,42)/t18-,19-,23+,26-,27-,28-,29+,30?/m0/s1. The van der Waals surface area contributed by atoms with Crippen LogP contribution in [0.15, 0.2) is 36.4 Å². The highest BCUT2D eigenvalue weighted by Crippen LogP contribution is 2.61. The van der Waals surface area contributed by atoms with E-state index in [-0.39, 0.29) is 36.1 Å². The first-order valence-corrected chi connectivity index (χ1v) is 15.5. The van der Waals surface area contributed by atoms with E-state index < -0.39 is 30.1 Å². The third kappa shape index (κ3) is 5.69. The Morgan fingerprint density at radius 1 is 1.20 bits per heavy atom. The number of hydrogen-bond donors (Lipinski definition) is 4. The molecule has 44 heavy (non-hydrogen) atoms. The van der Waals surface area contributed by atoms with Crippen LogP contribution in [-0.4, -0.2) is 84.4 Å². The van der Waals surface area contributed by atoms with Crippen molar-refractivity contribution in [1.29, 1.82) is 0 Å². The Labute approximate surface area is 259 Å². The molecular formula is C34H47N3O7. The molecule has 1 unspecified atom stereocenters. The predicted octanol–water partition coefficient (Wildman–Crippen LogP) is 3.79. The van der Waals surface area contributed by atoms with E-state index in [0.717, 1.165) is 12.1 Å². The summed E-state index contributed by atoms with van der Waals surface area (Å²) in [5.74, 6) is 0.0844. The second-order valence-corrected chi connectivity index (χ2v) is 13.7. The van der Waals surface area contributed by atoms with E-state index in [1.807, 2.05) is 43.3 Å². The van der Waals surface area contributed by atoms with Gasteiger partial charge in [0.2, 0.25) is 5.91 Å². The van der Waals surface area contributed by atoms with Gasteiger partial charge in [-0.05, 0) is 66.7 Å². The van der Waals surface area contributed by atoms with E-state index in [2.05, 4.69) is 26.1 Å². The molecule has 1 aliphatic heterocycles. The van der Waals surface area contributed by atoms with Crippen LogP contribution in [0.3, 0.4) is 0 Å². The van der Waals surface area contributed by atoms with Crippen molar-refractivity contribution in [3.05, 3.63) is 47.5 Å². The number of carbonyl (C=O) groups excluding carboxylic acids is 1. The number of fused-ring (bicyclic) bond motifs is 2. The van der Waals surface area contributed by atoms with E-state index in [0.29, 0.717) is 40.2 Å². The summed E-state index contributed by atoms with van der Waals surface area (Å²) in [7, 11) is 5.25. The molecule has 8 atom stereocenters. The Morgan fingerprint density at radius 2 is 1.93 bits per heavy atom. The number of ether oxygens (including phenoxy) is 1. The van der Waals surface area contributed by atoms with Gasteiger partial charge in [0.15, 0.2) is 0 Å². The van der Waals surface area contributed by atoms with E-state index in [1.54, 1.807) is 31.2 Å². The Balaban J connectivity index is 1.46. The molecule has 10 heteroatoms. The third-order valence-electron chi connectivity index (χ3n) is 10.7. The molecule has 4 fully saturated rings. The summed E-state index contributed by atoms with van der Waals surface area (Å²) in [5.41, 5.74) is 3.25. The van der Waals surface area contributed by atoms with Gasteiger partial charge in [0.1, 0.15) is 17.9 Å². The van der Waals surface area contributed by atoms with Crippen LogP contribution in [0.1, 0.15) is 56.5 Å².